The first-order valence-electron chi connectivity index (χ1n) is 4.87. The fourth-order valence-electron chi connectivity index (χ4n) is 1.81. The van der Waals surface area contributed by atoms with E-state index in [0.717, 1.165) is 0 Å². The van der Waals surface area contributed by atoms with E-state index in [9.17, 15) is 14.7 Å². The highest BCUT2D eigenvalue weighted by molar-refractivity contribution is 6.30. The number of aromatic hydroxyl groups is 1. The quantitative estimate of drug-likeness (QED) is 0.469. The smallest absolute Gasteiger partial charge is 0.224 e. The van der Waals surface area contributed by atoms with E-state index in [4.69, 9.17) is 11.6 Å². The zero-order valence-corrected chi connectivity index (χ0v) is 9.17. The molecule has 0 bridgehead atoms. The van der Waals surface area contributed by atoms with E-state index in [1.54, 1.807) is 0 Å². The van der Waals surface area contributed by atoms with Crippen molar-refractivity contribution >= 4 is 29.0 Å². The molecule has 0 atom stereocenters. The van der Waals surface area contributed by atoms with Crippen molar-refractivity contribution in [3.63, 3.8) is 0 Å². The van der Waals surface area contributed by atoms with Crippen LogP contribution in [0.4, 0.5) is 5.69 Å². The van der Waals surface area contributed by atoms with Crippen LogP contribution in [0.3, 0.4) is 0 Å². The van der Waals surface area contributed by atoms with E-state index >= 15 is 0 Å². The standard InChI is InChI=1S/C11H10ClNO3/c12-5-9(15)6-1-3-8(14)11-7(6)2-4-10(16)13-11/h1,3,14H,2,4-5H2,(H,13,16). The van der Waals surface area contributed by atoms with Gasteiger partial charge in [-0.1, -0.05) is 0 Å². The van der Waals surface area contributed by atoms with Crippen LogP contribution in [-0.4, -0.2) is 22.7 Å². The largest absolute Gasteiger partial charge is 0.506 e. The lowest BCUT2D eigenvalue weighted by molar-refractivity contribution is -0.116. The van der Waals surface area contributed by atoms with Crippen LogP contribution in [0.5, 0.6) is 5.75 Å². The second kappa shape index (κ2) is 4.14. The molecule has 1 aromatic rings. The number of nitrogens with one attached hydrogen (secondary N) is 1. The number of ketones is 1. The topological polar surface area (TPSA) is 66.4 Å². The number of anilines is 1. The molecule has 4 nitrogen and oxygen atoms in total. The molecule has 0 saturated heterocycles. The number of Topliss-reactive ketones (excluding diaryl/α,β-unsaturated/α-hetero) is 1. The molecule has 0 fully saturated rings. The van der Waals surface area contributed by atoms with Crippen LogP contribution in [0.15, 0.2) is 12.1 Å². The van der Waals surface area contributed by atoms with Crippen LogP contribution < -0.4 is 5.32 Å². The van der Waals surface area contributed by atoms with Crippen molar-refractivity contribution in [1.29, 1.82) is 0 Å². The fourth-order valence-corrected chi connectivity index (χ4v) is 1.95. The van der Waals surface area contributed by atoms with Crippen molar-refractivity contribution < 1.29 is 14.7 Å². The average Bonchev–Trinajstić information content (AvgIpc) is 2.29. The number of benzene rings is 1. The number of phenolic OH excluding ortho intramolecular Hbond substituents is 1. The molecule has 1 amide bonds. The molecule has 0 saturated carbocycles. The summed E-state index contributed by atoms with van der Waals surface area (Å²) in [6.45, 7) is 0. The minimum absolute atomic E-state index is 0.0193. The van der Waals surface area contributed by atoms with Gasteiger partial charge in [0.05, 0.1) is 11.6 Å². The first kappa shape index (κ1) is 11.0. The highest BCUT2D eigenvalue weighted by atomic mass is 35.5. The summed E-state index contributed by atoms with van der Waals surface area (Å²) in [6.07, 6.45) is 0.770. The summed E-state index contributed by atoms with van der Waals surface area (Å²) in [5.74, 6) is -0.480. The second-order valence-electron chi connectivity index (χ2n) is 3.59. The molecule has 16 heavy (non-hydrogen) atoms. The molecular formula is C11H10ClNO3. The van der Waals surface area contributed by atoms with Crippen molar-refractivity contribution in [3.05, 3.63) is 23.3 Å². The molecule has 0 spiro atoms. The van der Waals surface area contributed by atoms with Crippen LogP contribution in [-0.2, 0) is 11.2 Å². The van der Waals surface area contributed by atoms with Crippen molar-refractivity contribution in [3.8, 4) is 5.75 Å². The fraction of sp³-hybridized carbons (Fsp3) is 0.273. The van der Waals surface area contributed by atoms with E-state index < -0.39 is 0 Å². The number of hydrogen-bond donors (Lipinski definition) is 2. The van der Waals surface area contributed by atoms with Gasteiger partial charge in [0.25, 0.3) is 0 Å². The number of carbonyl (C=O) groups is 2. The number of alkyl halides is 1. The molecule has 0 aliphatic carbocycles. The SMILES string of the molecule is O=C1CCc2c(C(=O)CCl)ccc(O)c2N1. The lowest BCUT2D eigenvalue weighted by Crippen LogP contribution is -2.21. The molecular weight excluding hydrogens is 230 g/mol. The van der Waals surface area contributed by atoms with Gasteiger partial charge in [0, 0.05) is 12.0 Å². The van der Waals surface area contributed by atoms with Crippen LogP contribution in [0.2, 0.25) is 0 Å². The van der Waals surface area contributed by atoms with Crippen molar-refractivity contribution in [2.75, 3.05) is 11.2 Å². The Hall–Kier alpha value is -1.55. The van der Waals surface area contributed by atoms with Crippen LogP contribution in [0.1, 0.15) is 22.3 Å². The number of fused-ring (bicyclic) bond motifs is 1. The highest BCUT2D eigenvalue weighted by Gasteiger charge is 2.23. The number of rotatable bonds is 2. The summed E-state index contributed by atoms with van der Waals surface area (Å²) in [5, 5.41) is 12.2. The summed E-state index contributed by atoms with van der Waals surface area (Å²) in [5.41, 5.74) is 1.49. The molecule has 2 N–H and O–H groups in total. The molecule has 0 aromatic heterocycles. The molecule has 84 valence electrons. The van der Waals surface area contributed by atoms with E-state index in [1.807, 2.05) is 0 Å². The predicted octanol–water partition coefficient (Wildman–Crippen LogP) is 1.70. The maximum absolute atomic E-state index is 11.6. The third-order valence-corrected chi connectivity index (χ3v) is 2.82. The number of amides is 1. The normalized spacial score (nSPS) is 14.2. The summed E-state index contributed by atoms with van der Waals surface area (Å²) >= 11 is 5.50. The Labute approximate surface area is 97.2 Å². The summed E-state index contributed by atoms with van der Waals surface area (Å²) in [6, 6.07) is 2.93. The Balaban J connectivity index is 2.54. The van der Waals surface area contributed by atoms with Crippen molar-refractivity contribution in [2.24, 2.45) is 0 Å². The molecule has 1 aliphatic rings. The molecule has 1 aromatic carbocycles. The van der Waals surface area contributed by atoms with Gasteiger partial charge in [-0.25, -0.2) is 0 Å². The van der Waals surface area contributed by atoms with Crippen LogP contribution in [0, 0.1) is 0 Å². The van der Waals surface area contributed by atoms with Gasteiger partial charge in [0.15, 0.2) is 5.78 Å². The summed E-state index contributed by atoms with van der Waals surface area (Å²) < 4.78 is 0. The Morgan fingerprint density at radius 3 is 2.88 bits per heavy atom. The molecule has 5 heteroatoms. The van der Waals surface area contributed by atoms with Gasteiger partial charge < -0.3 is 10.4 Å². The molecule has 0 unspecified atom stereocenters. The van der Waals surface area contributed by atoms with Crippen LogP contribution in [0.25, 0.3) is 0 Å². The first-order chi connectivity index (χ1) is 7.63. The van der Waals surface area contributed by atoms with Crippen molar-refractivity contribution in [1.82, 2.24) is 0 Å². The zero-order chi connectivity index (χ0) is 11.7. The third kappa shape index (κ3) is 1.76. The second-order valence-corrected chi connectivity index (χ2v) is 3.86. The number of phenols is 1. The molecule has 2 rings (SSSR count). The van der Waals surface area contributed by atoms with Gasteiger partial charge in [0.2, 0.25) is 5.91 Å². The average molecular weight is 240 g/mol. The van der Waals surface area contributed by atoms with Crippen LogP contribution >= 0.6 is 11.6 Å². The Morgan fingerprint density at radius 2 is 2.19 bits per heavy atom. The number of carbonyl (C=O) groups excluding carboxylic acids is 2. The van der Waals surface area contributed by atoms with E-state index in [0.29, 0.717) is 29.7 Å². The lowest BCUT2D eigenvalue weighted by atomic mass is 9.95. The maximum Gasteiger partial charge on any atom is 0.224 e. The molecule has 1 aliphatic heterocycles. The van der Waals surface area contributed by atoms with Gasteiger partial charge in [0.1, 0.15) is 5.75 Å². The summed E-state index contributed by atoms with van der Waals surface area (Å²) in [7, 11) is 0. The van der Waals surface area contributed by atoms with Gasteiger partial charge >= 0.3 is 0 Å². The third-order valence-electron chi connectivity index (χ3n) is 2.58. The molecule has 1 heterocycles. The minimum Gasteiger partial charge on any atom is -0.506 e. The van der Waals surface area contributed by atoms with E-state index in [2.05, 4.69) is 5.32 Å². The van der Waals surface area contributed by atoms with E-state index in [1.165, 1.54) is 12.1 Å². The summed E-state index contributed by atoms with van der Waals surface area (Å²) in [4.78, 5) is 22.7. The zero-order valence-electron chi connectivity index (χ0n) is 8.42. The van der Waals surface area contributed by atoms with Gasteiger partial charge in [-0.3, -0.25) is 9.59 Å². The van der Waals surface area contributed by atoms with Crippen molar-refractivity contribution in [2.45, 2.75) is 12.8 Å². The minimum atomic E-state index is -0.200. The monoisotopic (exact) mass is 239 g/mol. The van der Waals surface area contributed by atoms with Gasteiger partial charge in [-0.2, -0.15) is 0 Å². The lowest BCUT2D eigenvalue weighted by Gasteiger charge is -2.20. The maximum atomic E-state index is 11.6. The number of halogens is 1. The Kier molecular flexibility index (Phi) is 2.83. The Morgan fingerprint density at radius 1 is 1.44 bits per heavy atom. The van der Waals surface area contributed by atoms with E-state index in [-0.39, 0.29) is 23.3 Å². The number of hydrogen-bond acceptors (Lipinski definition) is 3. The predicted molar refractivity (Wildman–Crippen MR) is 60.1 cm³/mol. The first-order valence-corrected chi connectivity index (χ1v) is 5.40. The van der Waals surface area contributed by atoms with Gasteiger partial charge in [-0.15, -0.1) is 11.6 Å². The highest BCUT2D eigenvalue weighted by Crippen LogP contribution is 2.34. The Bertz CT molecular complexity index is 471. The van der Waals surface area contributed by atoms with Gasteiger partial charge in [-0.05, 0) is 24.1 Å². The molecule has 0 radical (unpaired) electrons.